The van der Waals surface area contributed by atoms with Crippen LogP contribution in [0.4, 0.5) is 0 Å². The van der Waals surface area contributed by atoms with Gasteiger partial charge in [-0.1, -0.05) is 72.1 Å². The number of benzene rings is 2. The lowest BCUT2D eigenvalue weighted by Crippen LogP contribution is -2.36. The van der Waals surface area contributed by atoms with E-state index >= 15 is 0 Å². The third kappa shape index (κ3) is 8.95. The summed E-state index contributed by atoms with van der Waals surface area (Å²) in [6.45, 7) is 16.0. The zero-order valence-corrected chi connectivity index (χ0v) is 19.3. The first kappa shape index (κ1) is 21.5. The highest BCUT2D eigenvalue weighted by molar-refractivity contribution is 6.82. The third-order valence-electron chi connectivity index (χ3n) is 3.73. The minimum Gasteiger partial charge on any atom is -0.437 e. The van der Waals surface area contributed by atoms with Crippen molar-refractivity contribution in [2.45, 2.75) is 26.2 Å². The van der Waals surface area contributed by atoms with Gasteiger partial charge in [-0.2, -0.15) is 0 Å². The van der Waals surface area contributed by atoms with Gasteiger partial charge in [-0.3, -0.25) is 0 Å². The molecule has 0 aromatic heterocycles. The summed E-state index contributed by atoms with van der Waals surface area (Å²) >= 11 is 0. The molecule has 0 saturated heterocycles. The summed E-state index contributed by atoms with van der Waals surface area (Å²) in [6, 6.07) is 20.8. The van der Waals surface area contributed by atoms with Gasteiger partial charge in [-0.25, -0.2) is 0 Å². The Morgan fingerprint density at radius 3 is 1.28 bits per heavy atom. The summed E-state index contributed by atoms with van der Waals surface area (Å²) in [5.41, 5.74) is 6.42. The monoisotopic (exact) mass is 386 g/mol. The highest BCUT2D eigenvalue weighted by Crippen LogP contribution is 2.17. The van der Waals surface area contributed by atoms with E-state index in [9.17, 15) is 0 Å². The minimum atomic E-state index is -1.60. The predicted octanol–water partition coefficient (Wildman–Crippen LogP) is 5.23. The van der Waals surface area contributed by atoms with Crippen LogP contribution in [0, 0.1) is 0 Å². The van der Waals surface area contributed by atoms with Crippen LogP contribution in [0.2, 0.25) is 26.2 Å². The topological polar surface area (TPSA) is 18.5 Å². The standard InChI is InChI=1S/C12H10.C8H20O2Si3/c1-3-7-11(8-4-1)12-9-5-2-6-10-12;1-7-12(3,4)9-11-10-13(5,6)8-2/h1-10H;7-8H,1-2,11H2,3-6H3. The lowest BCUT2D eigenvalue weighted by Gasteiger charge is -2.23. The highest BCUT2D eigenvalue weighted by atomic mass is 28.4. The molecule has 0 heterocycles. The van der Waals surface area contributed by atoms with Gasteiger partial charge in [0.15, 0.2) is 16.6 Å². The molecule has 0 atom stereocenters. The fraction of sp³-hybridized carbons (Fsp3) is 0.200. The van der Waals surface area contributed by atoms with Crippen LogP contribution < -0.4 is 0 Å². The van der Waals surface area contributed by atoms with E-state index in [-0.39, 0.29) is 0 Å². The van der Waals surface area contributed by atoms with Gasteiger partial charge in [0.2, 0.25) is 0 Å². The predicted molar refractivity (Wildman–Crippen MR) is 118 cm³/mol. The summed E-state index contributed by atoms with van der Waals surface area (Å²) in [5.74, 6) is 0. The molecule has 0 unspecified atom stereocenters. The molecule has 0 radical (unpaired) electrons. The first-order valence-corrected chi connectivity index (χ1v) is 15.6. The van der Waals surface area contributed by atoms with Gasteiger partial charge in [0.05, 0.1) is 0 Å². The highest BCUT2D eigenvalue weighted by Gasteiger charge is 2.21. The van der Waals surface area contributed by atoms with Crippen LogP contribution in [0.5, 0.6) is 0 Å². The van der Waals surface area contributed by atoms with E-state index in [4.69, 9.17) is 8.23 Å². The van der Waals surface area contributed by atoms with Crippen LogP contribution in [0.15, 0.2) is 85.2 Å². The first-order chi connectivity index (χ1) is 11.8. The van der Waals surface area contributed by atoms with E-state index in [2.05, 4.69) is 87.9 Å². The van der Waals surface area contributed by atoms with Crippen LogP contribution in [-0.2, 0) is 8.23 Å². The van der Waals surface area contributed by atoms with E-state index in [1.165, 1.54) is 11.1 Å². The van der Waals surface area contributed by atoms with Crippen molar-refractivity contribution in [2.75, 3.05) is 0 Å². The van der Waals surface area contributed by atoms with Crippen molar-refractivity contribution in [1.82, 2.24) is 0 Å². The maximum Gasteiger partial charge on any atom is 0.284 e. The molecule has 0 spiro atoms. The smallest absolute Gasteiger partial charge is 0.284 e. The average molecular weight is 387 g/mol. The summed E-state index contributed by atoms with van der Waals surface area (Å²) in [5, 5.41) is 0. The van der Waals surface area contributed by atoms with Crippen molar-refractivity contribution in [3.05, 3.63) is 85.2 Å². The molecular formula is C20H30O2Si3. The Morgan fingerprint density at radius 2 is 1.00 bits per heavy atom. The molecule has 25 heavy (non-hydrogen) atoms. The van der Waals surface area contributed by atoms with Gasteiger partial charge in [0.1, 0.15) is 0 Å². The summed E-state index contributed by atoms with van der Waals surface area (Å²) in [4.78, 5) is 0. The lowest BCUT2D eigenvalue weighted by atomic mass is 10.1. The Morgan fingerprint density at radius 1 is 0.680 bits per heavy atom. The van der Waals surface area contributed by atoms with Crippen LogP contribution in [0.25, 0.3) is 11.1 Å². The van der Waals surface area contributed by atoms with Crippen molar-refractivity contribution in [2.24, 2.45) is 0 Å². The van der Waals surface area contributed by atoms with Crippen molar-refractivity contribution in [3.8, 4) is 11.1 Å². The average Bonchev–Trinajstić information content (AvgIpc) is 2.63. The molecule has 0 saturated carbocycles. The molecular weight excluding hydrogens is 356 g/mol. The Hall–Kier alpha value is -1.51. The molecule has 2 aromatic carbocycles. The van der Waals surface area contributed by atoms with Crippen molar-refractivity contribution < 1.29 is 8.23 Å². The number of hydrogen-bond donors (Lipinski definition) is 0. The second kappa shape index (κ2) is 10.5. The van der Waals surface area contributed by atoms with E-state index in [0.717, 1.165) is 0 Å². The maximum absolute atomic E-state index is 5.74. The summed E-state index contributed by atoms with van der Waals surface area (Å²) < 4.78 is 11.5. The van der Waals surface area contributed by atoms with Crippen molar-refractivity contribution in [1.29, 1.82) is 0 Å². The zero-order valence-electron chi connectivity index (χ0n) is 15.9. The SMILES string of the molecule is C=C[Si](C)(C)O[SiH2]O[Si](C)(C)C=C.c1ccc(-c2ccccc2)cc1. The van der Waals surface area contributed by atoms with Gasteiger partial charge in [0.25, 0.3) is 10.0 Å². The largest absolute Gasteiger partial charge is 0.437 e. The fourth-order valence-corrected chi connectivity index (χ4v) is 5.85. The van der Waals surface area contributed by atoms with Gasteiger partial charge < -0.3 is 8.23 Å². The molecule has 134 valence electrons. The molecule has 0 fully saturated rings. The summed E-state index contributed by atoms with van der Waals surface area (Å²) in [7, 11) is -4.04. The van der Waals surface area contributed by atoms with Crippen LogP contribution in [0.3, 0.4) is 0 Å². The molecule has 2 aromatic rings. The van der Waals surface area contributed by atoms with E-state index < -0.39 is 26.6 Å². The van der Waals surface area contributed by atoms with Gasteiger partial charge >= 0.3 is 0 Å². The summed E-state index contributed by atoms with van der Waals surface area (Å²) in [6.07, 6.45) is 0. The molecule has 0 amide bonds. The Balaban J connectivity index is 0.000000250. The van der Waals surface area contributed by atoms with E-state index in [1.54, 1.807) is 0 Å². The Bertz CT molecular complexity index is 583. The maximum atomic E-state index is 5.74. The second-order valence-corrected chi connectivity index (χ2v) is 16.5. The zero-order chi connectivity index (χ0) is 18.8. The fourth-order valence-electron chi connectivity index (χ4n) is 1.71. The lowest BCUT2D eigenvalue weighted by molar-refractivity contribution is 0.462. The van der Waals surface area contributed by atoms with Crippen LogP contribution in [0.1, 0.15) is 0 Å². The molecule has 2 nitrogen and oxygen atoms in total. The van der Waals surface area contributed by atoms with E-state index in [1.807, 2.05) is 23.5 Å². The molecule has 0 aliphatic rings. The normalized spacial score (nSPS) is 11.2. The third-order valence-corrected chi connectivity index (χ3v) is 12.6. The minimum absolute atomic E-state index is 0.838. The molecule has 0 aliphatic heterocycles. The van der Waals surface area contributed by atoms with E-state index in [0.29, 0.717) is 0 Å². The number of hydrogen-bond acceptors (Lipinski definition) is 2. The number of rotatable bonds is 7. The molecule has 0 N–H and O–H groups in total. The second-order valence-electron chi connectivity index (χ2n) is 6.75. The Kier molecular flexibility index (Phi) is 9.02. The quantitative estimate of drug-likeness (QED) is 0.606. The van der Waals surface area contributed by atoms with Crippen molar-refractivity contribution in [3.63, 3.8) is 0 Å². The first-order valence-electron chi connectivity index (χ1n) is 8.45. The van der Waals surface area contributed by atoms with Crippen LogP contribution >= 0.6 is 0 Å². The van der Waals surface area contributed by atoms with Gasteiger partial charge in [-0.05, 0) is 37.3 Å². The molecule has 0 bridgehead atoms. The van der Waals surface area contributed by atoms with Gasteiger partial charge in [0, 0.05) is 0 Å². The van der Waals surface area contributed by atoms with Crippen LogP contribution in [-0.4, -0.2) is 26.6 Å². The molecule has 2 rings (SSSR count). The Labute approximate surface area is 157 Å². The molecule has 5 heteroatoms. The van der Waals surface area contributed by atoms with Gasteiger partial charge in [-0.15, -0.1) is 13.2 Å². The molecule has 0 aliphatic carbocycles. The van der Waals surface area contributed by atoms with Crippen molar-refractivity contribution >= 4 is 26.6 Å².